The number of nitrogens with one attached hydrogen (secondary N) is 1. The number of rotatable bonds is 6. The van der Waals surface area contributed by atoms with Gasteiger partial charge in [0, 0.05) is 5.56 Å². The Morgan fingerprint density at radius 3 is 2.29 bits per heavy atom. The number of sulfonamides is 2. The number of benzene rings is 2. The van der Waals surface area contributed by atoms with Crippen molar-refractivity contribution in [3.8, 4) is 11.3 Å². The molecule has 0 bridgehead atoms. The zero-order valence-electron chi connectivity index (χ0n) is 14.2. The Bertz CT molecular complexity index is 1220. The van der Waals surface area contributed by atoms with Crippen LogP contribution < -0.4 is 9.86 Å². The van der Waals surface area contributed by atoms with Gasteiger partial charge in [-0.1, -0.05) is 30.3 Å². The first kappa shape index (κ1) is 19.8. The fourth-order valence-corrected chi connectivity index (χ4v) is 4.15. The first-order valence-corrected chi connectivity index (χ1v) is 10.9. The highest BCUT2D eigenvalue weighted by Gasteiger charge is 2.21. The van der Waals surface area contributed by atoms with Crippen molar-refractivity contribution >= 4 is 31.8 Å². The lowest BCUT2D eigenvalue weighted by Crippen LogP contribution is -2.19. The lowest BCUT2D eigenvalue weighted by atomic mass is 10.1. The summed E-state index contributed by atoms with van der Waals surface area (Å²) in [5.41, 5.74) is 0.924. The van der Waals surface area contributed by atoms with Crippen LogP contribution in [0.25, 0.3) is 17.4 Å². The van der Waals surface area contributed by atoms with Crippen molar-refractivity contribution < 1.29 is 25.6 Å². The van der Waals surface area contributed by atoms with Crippen LogP contribution >= 0.6 is 0 Å². The van der Waals surface area contributed by atoms with Gasteiger partial charge in [0.2, 0.25) is 10.0 Å². The highest BCUT2D eigenvalue weighted by Crippen LogP contribution is 2.25. The topological polar surface area (TPSA) is 119 Å². The summed E-state index contributed by atoms with van der Waals surface area (Å²) in [6.07, 6.45) is 2.85. The zero-order chi connectivity index (χ0) is 20.4. The second-order valence-corrected chi connectivity index (χ2v) is 8.78. The van der Waals surface area contributed by atoms with E-state index >= 15 is 0 Å². The van der Waals surface area contributed by atoms with Gasteiger partial charge in [0.15, 0.2) is 0 Å². The zero-order valence-corrected chi connectivity index (χ0v) is 15.9. The predicted octanol–water partition coefficient (Wildman–Crippen LogP) is 3.15. The van der Waals surface area contributed by atoms with Crippen LogP contribution in [-0.2, 0) is 20.0 Å². The second-order valence-electron chi connectivity index (χ2n) is 5.71. The van der Waals surface area contributed by atoms with Gasteiger partial charge in [-0.2, -0.15) is 0 Å². The minimum atomic E-state index is -4.46. The quantitative estimate of drug-likeness (QED) is 0.632. The highest BCUT2D eigenvalue weighted by atomic mass is 32.2. The number of hydrogen-bond acceptors (Lipinski definition) is 5. The van der Waals surface area contributed by atoms with E-state index in [-0.39, 0.29) is 0 Å². The average Bonchev–Trinajstić information content (AvgIpc) is 3.14. The van der Waals surface area contributed by atoms with Gasteiger partial charge in [0.25, 0.3) is 10.0 Å². The smallest absolute Gasteiger partial charge is 0.255 e. The summed E-state index contributed by atoms with van der Waals surface area (Å²) < 4.78 is 68.7. The summed E-state index contributed by atoms with van der Waals surface area (Å²) in [4.78, 5) is -0.922. The maximum atomic E-state index is 13.8. The molecule has 146 valence electrons. The molecule has 0 amide bonds. The summed E-state index contributed by atoms with van der Waals surface area (Å²) in [5, 5.41) is 5.81. The van der Waals surface area contributed by atoms with Crippen LogP contribution in [0, 0.1) is 5.82 Å². The third kappa shape index (κ3) is 4.66. The van der Waals surface area contributed by atoms with E-state index in [2.05, 4.69) is 0 Å². The van der Waals surface area contributed by atoms with Crippen LogP contribution in [-0.4, -0.2) is 16.8 Å². The molecule has 0 saturated heterocycles. The number of halogens is 1. The van der Waals surface area contributed by atoms with Crippen molar-refractivity contribution in [3.05, 3.63) is 77.6 Å². The molecule has 0 spiro atoms. The van der Waals surface area contributed by atoms with E-state index in [4.69, 9.17) is 9.56 Å². The fraction of sp³-hybridized carbons (Fsp3) is 0. The third-order valence-corrected chi connectivity index (χ3v) is 5.64. The van der Waals surface area contributed by atoms with Crippen LogP contribution in [0.15, 0.2) is 75.6 Å². The summed E-state index contributed by atoms with van der Waals surface area (Å²) in [5.74, 6) is -0.480. The minimum absolute atomic E-state index is 0.472. The predicted molar refractivity (Wildman–Crippen MR) is 103 cm³/mol. The molecule has 1 heterocycles. The molecule has 0 saturated carbocycles. The highest BCUT2D eigenvalue weighted by molar-refractivity contribution is 7.95. The number of hydrogen-bond donors (Lipinski definition) is 2. The molecule has 10 heteroatoms. The van der Waals surface area contributed by atoms with Crippen molar-refractivity contribution in [1.29, 1.82) is 0 Å². The van der Waals surface area contributed by atoms with Crippen LogP contribution in [0.4, 0.5) is 10.1 Å². The van der Waals surface area contributed by atoms with Crippen molar-refractivity contribution in [2.75, 3.05) is 4.72 Å². The molecule has 0 aliphatic carbocycles. The SMILES string of the molecule is NS(=O)(=O)c1c(F)cccc1NS(=O)(=O)C=Cc1ccc(-c2ccco2)cc1. The first-order valence-electron chi connectivity index (χ1n) is 7.82. The number of anilines is 1. The van der Waals surface area contributed by atoms with E-state index in [1.165, 1.54) is 12.1 Å². The normalized spacial score (nSPS) is 12.4. The molecule has 7 nitrogen and oxygen atoms in total. The van der Waals surface area contributed by atoms with Crippen LogP contribution in [0.2, 0.25) is 0 Å². The van der Waals surface area contributed by atoms with Crippen molar-refractivity contribution in [2.45, 2.75) is 4.90 Å². The molecule has 2 aromatic carbocycles. The average molecular weight is 422 g/mol. The number of furan rings is 1. The summed E-state index contributed by atoms with van der Waals surface area (Å²) in [6.45, 7) is 0. The van der Waals surface area contributed by atoms with Gasteiger partial charge < -0.3 is 4.42 Å². The molecule has 0 radical (unpaired) electrons. The Hall–Kier alpha value is -2.95. The Kier molecular flexibility index (Phi) is 5.36. The van der Waals surface area contributed by atoms with Crippen molar-refractivity contribution in [3.63, 3.8) is 0 Å². The van der Waals surface area contributed by atoms with E-state index in [0.717, 1.165) is 23.1 Å². The monoisotopic (exact) mass is 422 g/mol. The third-order valence-electron chi connectivity index (χ3n) is 3.66. The molecular weight excluding hydrogens is 407 g/mol. The lowest BCUT2D eigenvalue weighted by molar-refractivity contribution is 0.569. The van der Waals surface area contributed by atoms with E-state index in [0.29, 0.717) is 11.3 Å². The standard InChI is InChI=1S/C18H15FN2O5S2/c19-15-3-1-4-16(18(15)28(20,24)25)21-27(22,23)12-10-13-6-8-14(9-7-13)17-5-2-11-26-17/h1-12,21H,(H2,20,24,25). The molecule has 28 heavy (non-hydrogen) atoms. The van der Waals surface area contributed by atoms with Gasteiger partial charge in [-0.05, 0) is 35.9 Å². The Morgan fingerprint density at radius 1 is 0.964 bits per heavy atom. The summed E-state index contributed by atoms with van der Waals surface area (Å²) in [7, 11) is -8.59. The molecule has 3 aromatic rings. The molecule has 3 N–H and O–H groups in total. The maximum Gasteiger partial charge on any atom is 0.255 e. The van der Waals surface area contributed by atoms with Crippen LogP contribution in [0.5, 0.6) is 0 Å². The van der Waals surface area contributed by atoms with Gasteiger partial charge in [0.1, 0.15) is 16.5 Å². The number of nitrogens with two attached hydrogens (primary N) is 1. The molecule has 0 unspecified atom stereocenters. The summed E-state index contributed by atoms with van der Waals surface area (Å²) >= 11 is 0. The molecule has 1 aromatic heterocycles. The van der Waals surface area contributed by atoms with E-state index in [1.54, 1.807) is 42.7 Å². The largest absolute Gasteiger partial charge is 0.464 e. The Morgan fingerprint density at radius 2 is 1.68 bits per heavy atom. The Labute approximate surface area is 161 Å². The van der Waals surface area contributed by atoms with Gasteiger partial charge in [-0.25, -0.2) is 26.4 Å². The Balaban J connectivity index is 1.82. The van der Waals surface area contributed by atoms with Gasteiger partial charge in [-0.15, -0.1) is 0 Å². The molecule has 0 aliphatic rings. The molecular formula is C18H15FN2O5S2. The van der Waals surface area contributed by atoms with Crippen LogP contribution in [0.3, 0.4) is 0 Å². The van der Waals surface area contributed by atoms with Crippen LogP contribution in [0.1, 0.15) is 5.56 Å². The molecule has 0 fully saturated rings. The van der Waals surface area contributed by atoms with Gasteiger partial charge in [-0.3, -0.25) is 4.72 Å². The second kappa shape index (κ2) is 7.58. The minimum Gasteiger partial charge on any atom is -0.464 e. The lowest BCUT2D eigenvalue weighted by Gasteiger charge is -2.10. The maximum absolute atomic E-state index is 13.8. The molecule has 0 atom stereocenters. The summed E-state index contributed by atoms with van der Waals surface area (Å²) in [6, 6.07) is 13.6. The fourth-order valence-electron chi connectivity index (χ4n) is 2.44. The van der Waals surface area contributed by atoms with Crippen molar-refractivity contribution in [1.82, 2.24) is 0 Å². The van der Waals surface area contributed by atoms with E-state index in [1.807, 2.05) is 4.72 Å². The van der Waals surface area contributed by atoms with E-state index < -0.39 is 36.4 Å². The van der Waals surface area contributed by atoms with E-state index in [9.17, 15) is 21.2 Å². The van der Waals surface area contributed by atoms with Crippen molar-refractivity contribution in [2.24, 2.45) is 5.14 Å². The van der Waals surface area contributed by atoms with Gasteiger partial charge >= 0.3 is 0 Å². The number of primary sulfonamides is 1. The molecule has 0 aliphatic heterocycles. The molecule has 3 rings (SSSR count). The first-order chi connectivity index (χ1) is 13.2. The van der Waals surface area contributed by atoms with Gasteiger partial charge in [0.05, 0.1) is 17.4 Å².